The fraction of sp³-hybridized carbons (Fsp3) is 0.480. The van der Waals surface area contributed by atoms with E-state index in [1.807, 2.05) is 0 Å². The third-order valence-electron chi connectivity index (χ3n) is 6.35. The Balaban J connectivity index is 1.56. The van der Waals surface area contributed by atoms with Gasteiger partial charge in [-0.05, 0) is 63.9 Å². The van der Waals surface area contributed by atoms with Gasteiger partial charge in [0.15, 0.2) is 0 Å². The zero-order valence-corrected chi connectivity index (χ0v) is 18.0. The average Bonchev–Trinajstić information content (AvgIpc) is 2.98. The van der Waals surface area contributed by atoms with Crippen molar-refractivity contribution in [3.63, 3.8) is 0 Å². The van der Waals surface area contributed by atoms with Gasteiger partial charge in [-0.2, -0.15) is 0 Å². The van der Waals surface area contributed by atoms with Crippen LogP contribution < -0.4 is 4.90 Å². The van der Waals surface area contributed by atoms with Crippen LogP contribution in [0.1, 0.15) is 48.5 Å². The maximum atomic E-state index is 5.05. The smallest absolute Gasteiger partial charge is 0.129 e. The largest absolute Gasteiger partial charge is 0.363 e. The Labute approximate surface area is 175 Å². The Hall–Kier alpha value is -2.33. The molecule has 0 N–H and O–H groups in total. The first kappa shape index (κ1) is 20.0. The molecule has 1 unspecified atom stereocenters. The van der Waals surface area contributed by atoms with E-state index in [2.05, 4.69) is 77.7 Å². The highest BCUT2D eigenvalue weighted by atomic mass is 15.2. The van der Waals surface area contributed by atoms with Gasteiger partial charge in [-0.25, -0.2) is 4.98 Å². The molecule has 0 bridgehead atoms. The average molecular weight is 391 g/mol. The summed E-state index contributed by atoms with van der Waals surface area (Å²) >= 11 is 0. The molecule has 4 heteroatoms. The van der Waals surface area contributed by atoms with Crippen molar-refractivity contribution in [2.75, 3.05) is 44.7 Å². The number of benzene rings is 1. The second kappa shape index (κ2) is 9.00. The van der Waals surface area contributed by atoms with Crippen LogP contribution in [0.4, 0.5) is 5.82 Å². The van der Waals surface area contributed by atoms with Crippen LogP contribution >= 0.6 is 0 Å². The van der Waals surface area contributed by atoms with Crippen LogP contribution in [0.2, 0.25) is 0 Å². The van der Waals surface area contributed by atoms with Crippen LogP contribution in [-0.4, -0.2) is 54.6 Å². The SMILES string of the molecule is C=C(c1cccc(N2CCCN(C)CC2)n1)N1CCCCC1c1cccc(C)c1. The van der Waals surface area contributed by atoms with Crippen molar-refractivity contribution in [3.8, 4) is 0 Å². The molecule has 1 aromatic heterocycles. The summed E-state index contributed by atoms with van der Waals surface area (Å²) in [6.07, 6.45) is 4.86. The molecule has 2 aliphatic rings. The summed E-state index contributed by atoms with van der Waals surface area (Å²) < 4.78 is 0. The number of hydrogen-bond acceptors (Lipinski definition) is 4. The monoisotopic (exact) mass is 390 g/mol. The molecule has 0 saturated carbocycles. The van der Waals surface area contributed by atoms with Crippen LogP contribution in [0, 0.1) is 6.92 Å². The number of likely N-dealkylation sites (N-methyl/N-ethyl adjacent to an activating group) is 1. The third kappa shape index (κ3) is 4.64. The molecule has 0 radical (unpaired) electrons. The number of nitrogens with zero attached hydrogens (tertiary/aromatic N) is 4. The summed E-state index contributed by atoms with van der Waals surface area (Å²) in [6.45, 7) is 12.1. The van der Waals surface area contributed by atoms with Crippen molar-refractivity contribution in [2.24, 2.45) is 0 Å². The molecule has 154 valence electrons. The van der Waals surface area contributed by atoms with Crippen molar-refractivity contribution in [2.45, 2.75) is 38.6 Å². The van der Waals surface area contributed by atoms with E-state index in [9.17, 15) is 0 Å². The summed E-state index contributed by atoms with van der Waals surface area (Å²) in [6, 6.07) is 15.8. The summed E-state index contributed by atoms with van der Waals surface area (Å²) in [4.78, 5) is 12.4. The zero-order valence-electron chi connectivity index (χ0n) is 18.0. The summed E-state index contributed by atoms with van der Waals surface area (Å²) in [7, 11) is 2.21. The highest BCUT2D eigenvalue weighted by Gasteiger charge is 2.26. The number of aryl methyl sites for hydroxylation is 1. The van der Waals surface area contributed by atoms with E-state index in [0.717, 1.165) is 49.9 Å². The van der Waals surface area contributed by atoms with Crippen LogP contribution in [0.3, 0.4) is 0 Å². The Bertz CT molecular complexity index is 846. The number of rotatable bonds is 4. The fourth-order valence-electron chi connectivity index (χ4n) is 4.66. The van der Waals surface area contributed by atoms with E-state index in [0.29, 0.717) is 6.04 Å². The second-order valence-corrected chi connectivity index (χ2v) is 8.59. The van der Waals surface area contributed by atoms with Gasteiger partial charge in [0.1, 0.15) is 5.82 Å². The van der Waals surface area contributed by atoms with Gasteiger partial charge in [-0.3, -0.25) is 0 Å². The van der Waals surface area contributed by atoms with Gasteiger partial charge in [0, 0.05) is 26.2 Å². The molecule has 1 aromatic carbocycles. The van der Waals surface area contributed by atoms with E-state index >= 15 is 0 Å². The molecule has 2 aromatic rings. The number of hydrogen-bond donors (Lipinski definition) is 0. The van der Waals surface area contributed by atoms with Crippen molar-refractivity contribution in [1.29, 1.82) is 0 Å². The molecule has 1 atom stereocenters. The molecule has 0 aliphatic carbocycles. The zero-order chi connectivity index (χ0) is 20.2. The van der Waals surface area contributed by atoms with E-state index in [4.69, 9.17) is 4.98 Å². The van der Waals surface area contributed by atoms with Gasteiger partial charge in [0.2, 0.25) is 0 Å². The lowest BCUT2D eigenvalue weighted by Crippen LogP contribution is -2.32. The third-order valence-corrected chi connectivity index (χ3v) is 6.35. The molecule has 3 heterocycles. The first-order chi connectivity index (χ1) is 14.1. The predicted octanol–water partition coefficient (Wildman–Crippen LogP) is 4.73. The predicted molar refractivity (Wildman–Crippen MR) is 122 cm³/mol. The van der Waals surface area contributed by atoms with Gasteiger partial charge < -0.3 is 14.7 Å². The second-order valence-electron chi connectivity index (χ2n) is 8.59. The highest BCUT2D eigenvalue weighted by Crippen LogP contribution is 2.36. The number of likely N-dealkylation sites (tertiary alicyclic amines) is 1. The maximum Gasteiger partial charge on any atom is 0.129 e. The van der Waals surface area contributed by atoms with Crippen LogP contribution in [0.15, 0.2) is 49.0 Å². The quantitative estimate of drug-likeness (QED) is 0.753. The normalized spacial score (nSPS) is 21.1. The first-order valence-electron chi connectivity index (χ1n) is 11.0. The van der Waals surface area contributed by atoms with Gasteiger partial charge in [0.05, 0.1) is 17.4 Å². The summed E-state index contributed by atoms with van der Waals surface area (Å²) in [5.41, 5.74) is 4.80. The van der Waals surface area contributed by atoms with E-state index in [1.165, 1.54) is 36.8 Å². The minimum atomic E-state index is 0.397. The Morgan fingerprint density at radius 2 is 1.83 bits per heavy atom. The lowest BCUT2D eigenvalue weighted by atomic mass is 9.93. The number of aromatic nitrogens is 1. The Kier molecular flexibility index (Phi) is 6.19. The van der Waals surface area contributed by atoms with Gasteiger partial charge >= 0.3 is 0 Å². The molecule has 0 spiro atoms. The Morgan fingerprint density at radius 1 is 0.966 bits per heavy atom. The molecular weight excluding hydrogens is 356 g/mol. The van der Waals surface area contributed by atoms with Gasteiger partial charge in [0.25, 0.3) is 0 Å². The number of piperidine rings is 1. The summed E-state index contributed by atoms with van der Waals surface area (Å²) in [5.74, 6) is 1.09. The molecular formula is C25H34N4. The van der Waals surface area contributed by atoms with Crippen molar-refractivity contribution >= 4 is 11.5 Å². The highest BCUT2D eigenvalue weighted by molar-refractivity contribution is 5.61. The van der Waals surface area contributed by atoms with Crippen LogP contribution in [0.25, 0.3) is 5.70 Å². The number of pyridine rings is 1. The first-order valence-corrected chi connectivity index (χ1v) is 11.0. The standard InChI is InChI=1S/C25H34N4/c1-20-9-6-10-22(19-20)24-12-4-5-16-29(24)21(2)23-11-7-13-25(26-23)28-15-8-14-27(3)17-18-28/h6-7,9-11,13,19,24H,2,4-5,8,12,14-18H2,1,3H3. The molecule has 4 rings (SSSR count). The lowest BCUT2D eigenvalue weighted by molar-refractivity contribution is 0.230. The van der Waals surface area contributed by atoms with E-state index in [1.54, 1.807) is 0 Å². The van der Waals surface area contributed by atoms with E-state index < -0.39 is 0 Å². The van der Waals surface area contributed by atoms with Crippen LogP contribution in [0.5, 0.6) is 0 Å². The van der Waals surface area contributed by atoms with Crippen molar-refractivity contribution in [3.05, 3.63) is 65.9 Å². The molecule has 2 saturated heterocycles. The molecule has 2 fully saturated rings. The molecule has 4 nitrogen and oxygen atoms in total. The summed E-state index contributed by atoms with van der Waals surface area (Å²) in [5, 5.41) is 0. The minimum absolute atomic E-state index is 0.397. The number of anilines is 1. The van der Waals surface area contributed by atoms with Crippen LogP contribution in [-0.2, 0) is 0 Å². The minimum Gasteiger partial charge on any atom is -0.363 e. The Morgan fingerprint density at radius 3 is 2.69 bits per heavy atom. The topological polar surface area (TPSA) is 22.6 Å². The fourth-order valence-corrected chi connectivity index (χ4v) is 4.66. The van der Waals surface area contributed by atoms with Crippen molar-refractivity contribution in [1.82, 2.24) is 14.8 Å². The molecule has 2 aliphatic heterocycles. The van der Waals surface area contributed by atoms with E-state index in [-0.39, 0.29) is 0 Å². The van der Waals surface area contributed by atoms with Gasteiger partial charge in [-0.15, -0.1) is 0 Å². The molecule has 29 heavy (non-hydrogen) atoms. The lowest BCUT2D eigenvalue weighted by Gasteiger charge is -2.39. The molecule has 0 amide bonds. The van der Waals surface area contributed by atoms with Gasteiger partial charge in [-0.1, -0.05) is 42.5 Å². The maximum absolute atomic E-state index is 5.05. The van der Waals surface area contributed by atoms with Crippen molar-refractivity contribution < 1.29 is 0 Å².